The molecule has 1 aromatic heterocycles. The van der Waals surface area contributed by atoms with Crippen molar-refractivity contribution in [2.45, 2.75) is 25.7 Å². The number of rotatable bonds is 11. The monoisotopic (exact) mass is 538 g/mol. The van der Waals surface area contributed by atoms with Crippen LogP contribution in [-0.2, 0) is 17.6 Å². The van der Waals surface area contributed by atoms with Crippen LogP contribution in [-0.4, -0.2) is 44.3 Å². The van der Waals surface area contributed by atoms with Gasteiger partial charge in [-0.15, -0.1) is 24.0 Å². The minimum absolute atomic E-state index is 0. The molecule has 0 saturated carbocycles. The Labute approximate surface area is 200 Å². The number of aliphatic imine (C=N–C) groups is 1. The number of H-pyrrole nitrogens is 1. The Balaban J connectivity index is 0.00000341. The summed E-state index contributed by atoms with van der Waals surface area (Å²) in [5.41, 5.74) is 3.37. The second-order valence-corrected chi connectivity index (χ2v) is 7.23. The molecule has 0 saturated heterocycles. The molecule has 0 atom stereocenters. The van der Waals surface area contributed by atoms with Crippen molar-refractivity contribution < 1.29 is 9.13 Å². The molecule has 3 aromatic rings. The van der Waals surface area contributed by atoms with Crippen LogP contribution in [0.25, 0.3) is 10.9 Å². The standard InChI is InChI=1S/C24H31FN4O.HI/c1-26-24(27-13-5-6-15-30-16-12-19-7-3-2-4-8-19)28-14-11-20-18-29-23-10-9-21(25)17-22(20)23;/h2-4,7-10,17-18,29H,5-6,11-16H2,1H3,(H2,26,27,28);1H. The second kappa shape index (κ2) is 14.0. The van der Waals surface area contributed by atoms with Gasteiger partial charge in [0, 0.05) is 43.8 Å². The first-order valence-corrected chi connectivity index (χ1v) is 10.6. The molecule has 0 aliphatic carbocycles. The van der Waals surface area contributed by atoms with E-state index in [1.54, 1.807) is 19.2 Å². The molecule has 0 fully saturated rings. The summed E-state index contributed by atoms with van der Waals surface area (Å²) in [6.45, 7) is 3.11. The molecule has 2 aromatic carbocycles. The number of benzene rings is 2. The highest BCUT2D eigenvalue weighted by atomic mass is 127. The first kappa shape index (κ1) is 25.1. The molecule has 0 unspecified atom stereocenters. The summed E-state index contributed by atoms with van der Waals surface area (Å²) in [5, 5.41) is 7.58. The van der Waals surface area contributed by atoms with Crippen LogP contribution in [0.5, 0.6) is 0 Å². The summed E-state index contributed by atoms with van der Waals surface area (Å²) in [6, 6.07) is 15.2. The second-order valence-electron chi connectivity index (χ2n) is 7.23. The van der Waals surface area contributed by atoms with Gasteiger partial charge in [-0.1, -0.05) is 30.3 Å². The molecule has 31 heavy (non-hydrogen) atoms. The lowest BCUT2D eigenvalue weighted by Crippen LogP contribution is -2.38. The zero-order valence-electron chi connectivity index (χ0n) is 18.0. The zero-order valence-corrected chi connectivity index (χ0v) is 20.3. The number of fused-ring (bicyclic) bond motifs is 1. The molecule has 168 valence electrons. The van der Waals surface area contributed by atoms with Gasteiger partial charge in [-0.25, -0.2) is 4.39 Å². The molecule has 0 radical (unpaired) electrons. The highest BCUT2D eigenvalue weighted by Crippen LogP contribution is 2.19. The number of nitrogens with zero attached hydrogens (tertiary/aromatic N) is 1. The highest BCUT2D eigenvalue weighted by Gasteiger charge is 2.05. The summed E-state index contributed by atoms with van der Waals surface area (Å²) >= 11 is 0. The lowest BCUT2D eigenvalue weighted by molar-refractivity contribution is 0.133. The van der Waals surface area contributed by atoms with Crippen LogP contribution in [0.15, 0.2) is 59.7 Å². The predicted octanol–water partition coefficient (Wildman–Crippen LogP) is 4.67. The zero-order chi connectivity index (χ0) is 21.0. The molecule has 0 aliphatic rings. The van der Waals surface area contributed by atoms with E-state index in [0.717, 1.165) is 74.4 Å². The average Bonchev–Trinajstić information content (AvgIpc) is 3.17. The molecule has 7 heteroatoms. The Bertz CT molecular complexity index is 930. The number of halogens is 2. The van der Waals surface area contributed by atoms with Crippen LogP contribution in [0, 0.1) is 5.82 Å². The topological polar surface area (TPSA) is 61.4 Å². The molecular formula is C24H32FIN4O. The van der Waals surface area contributed by atoms with E-state index in [4.69, 9.17) is 4.74 Å². The normalized spacial score (nSPS) is 11.4. The molecule has 0 aliphatic heterocycles. The fraction of sp³-hybridized carbons (Fsp3) is 0.375. The van der Waals surface area contributed by atoms with E-state index in [1.807, 2.05) is 12.3 Å². The van der Waals surface area contributed by atoms with Gasteiger partial charge in [0.25, 0.3) is 0 Å². The van der Waals surface area contributed by atoms with Crippen molar-refractivity contribution in [2.75, 3.05) is 33.4 Å². The number of ether oxygens (including phenoxy) is 1. The van der Waals surface area contributed by atoms with Gasteiger partial charge in [0.05, 0.1) is 6.61 Å². The first-order chi connectivity index (χ1) is 14.8. The lowest BCUT2D eigenvalue weighted by atomic mass is 10.1. The van der Waals surface area contributed by atoms with Crippen LogP contribution in [0.2, 0.25) is 0 Å². The summed E-state index contributed by atoms with van der Waals surface area (Å²) in [6.07, 6.45) is 5.73. The first-order valence-electron chi connectivity index (χ1n) is 10.6. The summed E-state index contributed by atoms with van der Waals surface area (Å²) in [5.74, 6) is 0.573. The Hall–Kier alpha value is -2.13. The van der Waals surface area contributed by atoms with Crippen molar-refractivity contribution >= 4 is 40.8 Å². The van der Waals surface area contributed by atoms with Crippen molar-refractivity contribution in [1.82, 2.24) is 15.6 Å². The van der Waals surface area contributed by atoms with Gasteiger partial charge >= 0.3 is 0 Å². The third-order valence-corrected chi connectivity index (χ3v) is 5.03. The fourth-order valence-corrected chi connectivity index (χ4v) is 3.37. The Morgan fingerprint density at radius 3 is 2.61 bits per heavy atom. The van der Waals surface area contributed by atoms with E-state index >= 15 is 0 Å². The maximum absolute atomic E-state index is 13.5. The van der Waals surface area contributed by atoms with Crippen LogP contribution in [0.3, 0.4) is 0 Å². The quantitative estimate of drug-likeness (QED) is 0.144. The van der Waals surface area contributed by atoms with E-state index in [-0.39, 0.29) is 29.8 Å². The predicted molar refractivity (Wildman–Crippen MR) is 137 cm³/mol. The molecule has 5 nitrogen and oxygen atoms in total. The van der Waals surface area contributed by atoms with Gasteiger partial charge in [-0.3, -0.25) is 4.99 Å². The van der Waals surface area contributed by atoms with Crippen molar-refractivity contribution in [2.24, 2.45) is 4.99 Å². The number of aromatic amines is 1. The van der Waals surface area contributed by atoms with E-state index in [0.29, 0.717) is 0 Å². The number of hydrogen-bond acceptors (Lipinski definition) is 2. The Morgan fingerprint density at radius 2 is 1.81 bits per heavy atom. The van der Waals surface area contributed by atoms with Crippen LogP contribution in [0.4, 0.5) is 4.39 Å². The van der Waals surface area contributed by atoms with Gasteiger partial charge in [-0.2, -0.15) is 0 Å². The Morgan fingerprint density at radius 1 is 1.00 bits per heavy atom. The molecule has 0 amide bonds. The minimum Gasteiger partial charge on any atom is -0.381 e. The molecule has 3 N–H and O–H groups in total. The molecule has 0 spiro atoms. The van der Waals surface area contributed by atoms with Gasteiger partial charge in [0.2, 0.25) is 0 Å². The summed E-state index contributed by atoms with van der Waals surface area (Å²) in [7, 11) is 1.77. The average molecular weight is 538 g/mol. The maximum atomic E-state index is 13.5. The van der Waals surface area contributed by atoms with Crippen LogP contribution in [0.1, 0.15) is 24.0 Å². The number of unbranched alkanes of at least 4 members (excludes halogenated alkanes) is 1. The van der Waals surface area contributed by atoms with Crippen LogP contribution < -0.4 is 10.6 Å². The molecule has 3 rings (SSSR count). The maximum Gasteiger partial charge on any atom is 0.190 e. The van der Waals surface area contributed by atoms with Crippen molar-refractivity contribution in [1.29, 1.82) is 0 Å². The minimum atomic E-state index is -0.210. The molecule has 0 bridgehead atoms. The van der Waals surface area contributed by atoms with E-state index in [1.165, 1.54) is 11.6 Å². The largest absolute Gasteiger partial charge is 0.381 e. The van der Waals surface area contributed by atoms with Crippen molar-refractivity contribution in [3.63, 3.8) is 0 Å². The molecular weight excluding hydrogens is 506 g/mol. The molecule has 1 heterocycles. The third kappa shape index (κ3) is 8.49. The lowest BCUT2D eigenvalue weighted by Gasteiger charge is -2.12. The van der Waals surface area contributed by atoms with E-state index < -0.39 is 0 Å². The Kier molecular flexibility index (Phi) is 11.4. The number of guanidine groups is 1. The van der Waals surface area contributed by atoms with Gasteiger partial charge in [0.15, 0.2) is 5.96 Å². The SMILES string of the molecule is CN=C(NCCCCOCCc1ccccc1)NCCc1c[nH]c2ccc(F)cc12.I. The third-order valence-electron chi connectivity index (χ3n) is 5.03. The highest BCUT2D eigenvalue weighted by molar-refractivity contribution is 14.0. The fourth-order valence-electron chi connectivity index (χ4n) is 3.37. The van der Waals surface area contributed by atoms with Crippen LogP contribution >= 0.6 is 24.0 Å². The smallest absolute Gasteiger partial charge is 0.190 e. The number of aromatic nitrogens is 1. The summed E-state index contributed by atoms with van der Waals surface area (Å²) in [4.78, 5) is 7.45. The van der Waals surface area contributed by atoms with Crippen molar-refractivity contribution in [3.05, 3.63) is 71.7 Å². The summed E-state index contributed by atoms with van der Waals surface area (Å²) < 4.78 is 19.2. The van der Waals surface area contributed by atoms with Gasteiger partial charge < -0.3 is 20.4 Å². The van der Waals surface area contributed by atoms with E-state index in [2.05, 4.69) is 44.9 Å². The van der Waals surface area contributed by atoms with Gasteiger partial charge in [-0.05, 0) is 55.0 Å². The van der Waals surface area contributed by atoms with Gasteiger partial charge in [0.1, 0.15) is 5.82 Å². The van der Waals surface area contributed by atoms with E-state index in [9.17, 15) is 4.39 Å². The number of hydrogen-bond donors (Lipinski definition) is 3. The number of nitrogens with one attached hydrogen (secondary N) is 3. The van der Waals surface area contributed by atoms with Crippen molar-refractivity contribution in [3.8, 4) is 0 Å².